The Morgan fingerprint density at radius 1 is 1.50 bits per heavy atom. The van der Waals surface area contributed by atoms with Gasteiger partial charge in [0.25, 0.3) is 0 Å². The molecule has 5 heteroatoms. The monoisotopic (exact) mass is 269 g/mol. The van der Waals surface area contributed by atoms with E-state index in [0.717, 1.165) is 45.7 Å². The molecule has 0 bridgehead atoms. The Morgan fingerprint density at radius 2 is 2.28 bits per heavy atom. The van der Waals surface area contributed by atoms with Crippen LogP contribution >= 0.6 is 11.3 Å². The SMILES string of the molecule is Cc1ncsc1CN(C)CCNC1CCOCC1. The molecule has 0 spiro atoms. The normalized spacial score (nSPS) is 17.5. The molecule has 4 nitrogen and oxygen atoms in total. The van der Waals surface area contributed by atoms with E-state index in [1.165, 1.54) is 10.6 Å². The summed E-state index contributed by atoms with van der Waals surface area (Å²) in [5.74, 6) is 0. The number of aryl methyl sites for hydroxylation is 1. The molecule has 0 atom stereocenters. The molecule has 1 aliphatic heterocycles. The van der Waals surface area contributed by atoms with Gasteiger partial charge in [0, 0.05) is 43.8 Å². The number of nitrogens with one attached hydrogen (secondary N) is 1. The molecule has 0 amide bonds. The second-order valence-corrected chi connectivity index (χ2v) is 5.88. The number of nitrogens with zero attached hydrogens (tertiary/aromatic N) is 2. The highest BCUT2D eigenvalue weighted by Gasteiger charge is 2.13. The minimum absolute atomic E-state index is 0.650. The van der Waals surface area contributed by atoms with Crippen molar-refractivity contribution in [3.63, 3.8) is 0 Å². The number of hydrogen-bond acceptors (Lipinski definition) is 5. The van der Waals surface area contributed by atoms with Crippen molar-refractivity contribution in [2.75, 3.05) is 33.4 Å². The molecule has 2 rings (SSSR count). The fourth-order valence-electron chi connectivity index (χ4n) is 2.16. The van der Waals surface area contributed by atoms with Gasteiger partial charge in [0.05, 0.1) is 11.2 Å². The van der Waals surface area contributed by atoms with E-state index in [1.807, 2.05) is 5.51 Å². The Bertz CT molecular complexity index is 350. The zero-order valence-electron chi connectivity index (χ0n) is 11.3. The lowest BCUT2D eigenvalue weighted by Gasteiger charge is -2.24. The number of aromatic nitrogens is 1. The predicted octanol–water partition coefficient (Wildman–Crippen LogP) is 1.65. The molecular formula is C13H23N3OS. The molecular weight excluding hydrogens is 246 g/mol. The maximum absolute atomic E-state index is 5.35. The average molecular weight is 269 g/mol. The van der Waals surface area contributed by atoms with E-state index in [2.05, 4.69) is 29.2 Å². The van der Waals surface area contributed by atoms with Gasteiger partial charge in [0.1, 0.15) is 0 Å². The van der Waals surface area contributed by atoms with Gasteiger partial charge in [-0.3, -0.25) is 4.90 Å². The summed E-state index contributed by atoms with van der Waals surface area (Å²) in [7, 11) is 2.17. The standard InChI is InChI=1S/C13H23N3OS/c1-11-13(18-10-15-11)9-16(2)6-5-14-12-3-7-17-8-4-12/h10,12,14H,3-9H2,1-2H3. The molecule has 1 aliphatic rings. The van der Waals surface area contributed by atoms with Crippen molar-refractivity contribution in [1.29, 1.82) is 0 Å². The summed E-state index contributed by atoms with van der Waals surface area (Å²) in [5, 5.41) is 3.61. The number of rotatable bonds is 6. The molecule has 1 aromatic rings. The predicted molar refractivity (Wildman–Crippen MR) is 75.0 cm³/mol. The summed E-state index contributed by atoms with van der Waals surface area (Å²) in [6, 6.07) is 0.650. The Balaban J connectivity index is 1.62. The van der Waals surface area contributed by atoms with Crippen LogP contribution in [-0.4, -0.2) is 49.3 Å². The largest absolute Gasteiger partial charge is 0.381 e. The van der Waals surface area contributed by atoms with Crippen LogP contribution < -0.4 is 5.32 Å². The van der Waals surface area contributed by atoms with E-state index in [1.54, 1.807) is 11.3 Å². The second-order valence-electron chi connectivity index (χ2n) is 4.94. The molecule has 0 radical (unpaired) electrons. The van der Waals surface area contributed by atoms with E-state index in [9.17, 15) is 0 Å². The molecule has 1 saturated heterocycles. The van der Waals surface area contributed by atoms with Crippen molar-refractivity contribution in [2.24, 2.45) is 0 Å². The van der Waals surface area contributed by atoms with Gasteiger partial charge < -0.3 is 10.1 Å². The van der Waals surface area contributed by atoms with Gasteiger partial charge in [0.15, 0.2) is 0 Å². The Hall–Kier alpha value is -0.490. The fourth-order valence-corrected chi connectivity index (χ4v) is 3.02. The van der Waals surface area contributed by atoms with Gasteiger partial charge >= 0.3 is 0 Å². The van der Waals surface area contributed by atoms with Crippen molar-refractivity contribution in [3.05, 3.63) is 16.1 Å². The summed E-state index contributed by atoms with van der Waals surface area (Å²) >= 11 is 1.75. The lowest BCUT2D eigenvalue weighted by molar-refractivity contribution is 0.0774. The van der Waals surface area contributed by atoms with Crippen LogP contribution in [0.1, 0.15) is 23.4 Å². The fraction of sp³-hybridized carbons (Fsp3) is 0.769. The van der Waals surface area contributed by atoms with Crippen LogP contribution in [-0.2, 0) is 11.3 Å². The molecule has 0 saturated carbocycles. The van der Waals surface area contributed by atoms with Crippen LogP contribution in [0.3, 0.4) is 0 Å². The van der Waals surface area contributed by atoms with Gasteiger partial charge in [-0.2, -0.15) is 0 Å². The van der Waals surface area contributed by atoms with E-state index in [-0.39, 0.29) is 0 Å². The first-order valence-electron chi connectivity index (χ1n) is 6.64. The molecule has 1 fully saturated rings. The number of likely N-dealkylation sites (N-methyl/N-ethyl adjacent to an activating group) is 1. The molecule has 1 N–H and O–H groups in total. The molecule has 2 heterocycles. The van der Waals surface area contributed by atoms with Gasteiger partial charge in [-0.05, 0) is 26.8 Å². The third-order valence-corrected chi connectivity index (χ3v) is 4.33. The van der Waals surface area contributed by atoms with Crippen LogP contribution in [0.5, 0.6) is 0 Å². The van der Waals surface area contributed by atoms with Crippen molar-refractivity contribution < 1.29 is 4.74 Å². The lowest BCUT2D eigenvalue weighted by Crippen LogP contribution is -2.39. The maximum Gasteiger partial charge on any atom is 0.0798 e. The summed E-state index contributed by atoms with van der Waals surface area (Å²) in [6.07, 6.45) is 2.30. The third kappa shape index (κ3) is 4.31. The third-order valence-electron chi connectivity index (χ3n) is 3.41. The number of ether oxygens (including phenoxy) is 1. The Labute approximate surface area is 113 Å². The maximum atomic E-state index is 5.35. The first-order valence-corrected chi connectivity index (χ1v) is 7.52. The second kappa shape index (κ2) is 7.19. The first kappa shape index (κ1) is 13.9. The van der Waals surface area contributed by atoms with E-state index in [0.29, 0.717) is 6.04 Å². The zero-order chi connectivity index (χ0) is 12.8. The van der Waals surface area contributed by atoms with Crippen LogP contribution in [0.2, 0.25) is 0 Å². The lowest BCUT2D eigenvalue weighted by atomic mass is 10.1. The Kier molecular flexibility index (Phi) is 5.56. The molecule has 0 aliphatic carbocycles. The highest BCUT2D eigenvalue weighted by Crippen LogP contribution is 2.13. The van der Waals surface area contributed by atoms with Gasteiger partial charge in [-0.1, -0.05) is 0 Å². The minimum Gasteiger partial charge on any atom is -0.381 e. The van der Waals surface area contributed by atoms with Crippen LogP contribution in [0, 0.1) is 6.92 Å². The van der Waals surface area contributed by atoms with Crippen molar-refractivity contribution in [3.8, 4) is 0 Å². The molecule has 18 heavy (non-hydrogen) atoms. The average Bonchev–Trinajstić information content (AvgIpc) is 2.76. The smallest absolute Gasteiger partial charge is 0.0798 e. The Morgan fingerprint density at radius 3 is 2.94 bits per heavy atom. The van der Waals surface area contributed by atoms with E-state index >= 15 is 0 Å². The van der Waals surface area contributed by atoms with Crippen molar-refractivity contribution in [2.45, 2.75) is 32.4 Å². The molecule has 0 aromatic carbocycles. The van der Waals surface area contributed by atoms with Gasteiger partial charge in [0.2, 0.25) is 0 Å². The summed E-state index contributed by atoms with van der Waals surface area (Å²) in [4.78, 5) is 8.02. The molecule has 1 aromatic heterocycles. The molecule has 0 unspecified atom stereocenters. The zero-order valence-corrected chi connectivity index (χ0v) is 12.1. The summed E-state index contributed by atoms with van der Waals surface area (Å²) in [6.45, 7) is 7.04. The quantitative estimate of drug-likeness (QED) is 0.852. The van der Waals surface area contributed by atoms with E-state index < -0.39 is 0 Å². The van der Waals surface area contributed by atoms with Crippen LogP contribution in [0.4, 0.5) is 0 Å². The topological polar surface area (TPSA) is 37.4 Å². The summed E-state index contributed by atoms with van der Waals surface area (Å²) in [5.41, 5.74) is 3.10. The van der Waals surface area contributed by atoms with Crippen LogP contribution in [0.15, 0.2) is 5.51 Å². The van der Waals surface area contributed by atoms with Crippen LogP contribution in [0.25, 0.3) is 0 Å². The number of hydrogen-bond donors (Lipinski definition) is 1. The minimum atomic E-state index is 0.650. The molecule has 102 valence electrons. The van der Waals surface area contributed by atoms with Crippen molar-refractivity contribution in [1.82, 2.24) is 15.2 Å². The van der Waals surface area contributed by atoms with E-state index in [4.69, 9.17) is 4.74 Å². The highest BCUT2D eigenvalue weighted by molar-refractivity contribution is 7.09. The summed E-state index contributed by atoms with van der Waals surface area (Å²) < 4.78 is 5.35. The van der Waals surface area contributed by atoms with Gasteiger partial charge in [-0.25, -0.2) is 4.98 Å². The number of thiazole rings is 1. The van der Waals surface area contributed by atoms with Gasteiger partial charge in [-0.15, -0.1) is 11.3 Å². The highest BCUT2D eigenvalue weighted by atomic mass is 32.1. The first-order chi connectivity index (χ1) is 8.75. The van der Waals surface area contributed by atoms with Crippen molar-refractivity contribution >= 4 is 11.3 Å².